The average Bonchev–Trinajstić information content (AvgIpc) is 2.75. The van der Waals surface area contributed by atoms with Crippen LogP contribution in [0.25, 0.3) is 0 Å². The van der Waals surface area contributed by atoms with Gasteiger partial charge < -0.3 is 4.57 Å². The van der Waals surface area contributed by atoms with Gasteiger partial charge in [0.25, 0.3) is 0 Å². The summed E-state index contributed by atoms with van der Waals surface area (Å²) in [6, 6.07) is 0. The summed E-state index contributed by atoms with van der Waals surface area (Å²) in [7, 11) is 1.95. The minimum atomic E-state index is 0.275. The van der Waals surface area contributed by atoms with Crippen molar-refractivity contribution in [1.29, 1.82) is 0 Å². The van der Waals surface area contributed by atoms with Gasteiger partial charge in [-0.3, -0.25) is 4.79 Å². The maximum absolute atomic E-state index is 12.2. The number of carbonyl (C=O) groups is 1. The number of Topliss-reactive ketones (excluding diaryl/α,β-unsaturated/α-hetero) is 1. The Morgan fingerprint density at radius 1 is 1.39 bits per heavy atom. The van der Waals surface area contributed by atoms with Gasteiger partial charge in [-0.1, -0.05) is 13.8 Å². The highest BCUT2D eigenvalue weighted by molar-refractivity contribution is 5.82. The van der Waals surface area contributed by atoms with Gasteiger partial charge in [-0.2, -0.15) is 0 Å². The van der Waals surface area contributed by atoms with Gasteiger partial charge in [0.15, 0.2) is 0 Å². The van der Waals surface area contributed by atoms with Gasteiger partial charge >= 0.3 is 0 Å². The molecule has 0 N–H and O–H groups in total. The van der Waals surface area contributed by atoms with Crippen LogP contribution in [-0.4, -0.2) is 15.3 Å². The van der Waals surface area contributed by atoms with Crippen LogP contribution in [0.3, 0.4) is 0 Å². The molecule has 0 radical (unpaired) electrons. The van der Waals surface area contributed by atoms with Crippen LogP contribution < -0.4 is 0 Å². The highest BCUT2D eigenvalue weighted by Gasteiger charge is 2.27. The molecule has 0 aliphatic heterocycles. The van der Waals surface area contributed by atoms with Crippen LogP contribution in [0.15, 0.2) is 12.4 Å². The minimum Gasteiger partial charge on any atom is -0.338 e. The van der Waals surface area contributed by atoms with E-state index in [1.54, 1.807) is 6.20 Å². The second-order valence-corrected chi connectivity index (χ2v) is 5.95. The number of aromatic nitrogens is 2. The van der Waals surface area contributed by atoms with Crippen LogP contribution in [0, 0.1) is 17.8 Å². The van der Waals surface area contributed by atoms with E-state index in [9.17, 15) is 4.79 Å². The molecule has 0 bridgehead atoms. The molecule has 0 atom stereocenters. The second-order valence-electron chi connectivity index (χ2n) is 5.95. The Hall–Kier alpha value is -1.12. The number of aryl methyl sites for hydroxylation is 1. The molecule has 0 spiro atoms. The number of hydrogen-bond acceptors (Lipinski definition) is 2. The number of carbonyl (C=O) groups excluding carboxylic acids is 1. The van der Waals surface area contributed by atoms with Gasteiger partial charge in [-0.25, -0.2) is 4.98 Å². The normalized spacial score (nSPS) is 24.4. The lowest BCUT2D eigenvalue weighted by Gasteiger charge is -2.30. The van der Waals surface area contributed by atoms with Crippen LogP contribution in [0.4, 0.5) is 0 Å². The Morgan fingerprint density at radius 2 is 2.06 bits per heavy atom. The van der Waals surface area contributed by atoms with Crippen LogP contribution in [-0.2, 0) is 18.3 Å². The van der Waals surface area contributed by atoms with E-state index in [0.29, 0.717) is 12.2 Å². The molecule has 1 aromatic rings. The van der Waals surface area contributed by atoms with Crippen LogP contribution in [0.1, 0.15) is 45.4 Å². The molecule has 0 amide bonds. The molecular formula is C15H24N2O. The molecule has 3 heteroatoms. The van der Waals surface area contributed by atoms with Gasteiger partial charge in [-0.05, 0) is 37.5 Å². The highest BCUT2D eigenvalue weighted by Crippen LogP contribution is 2.33. The summed E-state index contributed by atoms with van der Waals surface area (Å²) in [5, 5.41) is 0. The predicted molar refractivity (Wildman–Crippen MR) is 72.2 cm³/mol. The maximum Gasteiger partial charge on any atom is 0.143 e. The largest absolute Gasteiger partial charge is 0.338 e. The maximum atomic E-state index is 12.2. The van der Waals surface area contributed by atoms with E-state index >= 15 is 0 Å². The van der Waals surface area contributed by atoms with E-state index in [1.165, 1.54) is 12.8 Å². The zero-order valence-corrected chi connectivity index (χ0v) is 11.7. The van der Waals surface area contributed by atoms with E-state index in [-0.39, 0.29) is 5.92 Å². The van der Waals surface area contributed by atoms with Crippen molar-refractivity contribution >= 4 is 5.78 Å². The minimum absolute atomic E-state index is 0.275. The fraction of sp³-hybridized carbons (Fsp3) is 0.733. The third kappa shape index (κ3) is 3.01. The Balaban J connectivity index is 1.86. The fourth-order valence-electron chi connectivity index (χ4n) is 2.97. The number of ketones is 1. The van der Waals surface area contributed by atoms with Crippen molar-refractivity contribution < 1.29 is 4.79 Å². The van der Waals surface area contributed by atoms with Crippen molar-refractivity contribution in [2.75, 3.05) is 0 Å². The quantitative estimate of drug-likeness (QED) is 0.821. The molecule has 0 saturated heterocycles. The number of imidazole rings is 1. The predicted octanol–water partition coefficient (Wildman–Crippen LogP) is 2.99. The molecule has 1 heterocycles. The van der Waals surface area contributed by atoms with Gasteiger partial charge in [0.1, 0.15) is 11.6 Å². The zero-order chi connectivity index (χ0) is 13.1. The Kier molecular flexibility index (Phi) is 4.20. The fourth-order valence-corrected chi connectivity index (χ4v) is 2.97. The first-order valence-electron chi connectivity index (χ1n) is 7.07. The first-order valence-corrected chi connectivity index (χ1v) is 7.07. The summed E-state index contributed by atoms with van der Waals surface area (Å²) in [6.45, 7) is 4.58. The van der Waals surface area contributed by atoms with Crippen molar-refractivity contribution in [2.45, 2.75) is 46.0 Å². The number of nitrogens with zero attached hydrogens (tertiary/aromatic N) is 2. The molecule has 1 aromatic heterocycles. The zero-order valence-electron chi connectivity index (χ0n) is 11.7. The summed E-state index contributed by atoms with van der Waals surface area (Å²) in [5.41, 5.74) is 0. The lowest BCUT2D eigenvalue weighted by Crippen LogP contribution is -2.25. The SMILES string of the molecule is CC(C)C1CCC(C(=O)Cc2nccn2C)CC1. The Morgan fingerprint density at radius 3 is 2.56 bits per heavy atom. The van der Waals surface area contributed by atoms with Gasteiger partial charge in [-0.15, -0.1) is 0 Å². The summed E-state index contributed by atoms with van der Waals surface area (Å²) in [5.74, 6) is 3.13. The van der Waals surface area contributed by atoms with Gasteiger partial charge in [0.2, 0.25) is 0 Å². The smallest absolute Gasteiger partial charge is 0.143 e. The Labute approximate surface area is 110 Å². The average molecular weight is 248 g/mol. The van der Waals surface area contributed by atoms with E-state index in [0.717, 1.165) is 30.5 Å². The first-order chi connectivity index (χ1) is 8.58. The van der Waals surface area contributed by atoms with Crippen molar-refractivity contribution in [2.24, 2.45) is 24.8 Å². The molecule has 18 heavy (non-hydrogen) atoms. The van der Waals surface area contributed by atoms with Crippen LogP contribution in [0.2, 0.25) is 0 Å². The summed E-state index contributed by atoms with van der Waals surface area (Å²) >= 11 is 0. The number of hydrogen-bond donors (Lipinski definition) is 0. The third-order valence-electron chi connectivity index (χ3n) is 4.42. The molecule has 1 aliphatic rings. The topological polar surface area (TPSA) is 34.9 Å². The molecule has 0 aromatic carbocycles. The van der Waals surface area contributed by atoms with E-state index < -0.39 is 0 Å². The van der Waals surface area contributed by atoms with Crippen LogP contribution >= 0.6 is 0 Å². The highest BCUT2D eigenvalue weighted by atomic mass is 16.1. The second kappa shape index (κ2) is 5.68. The standard InChI is InChI=1S/C15H24N2O/c1-11(2)12-4-6-13(7-5-12)14(18)10-15-16-8-9-17(15)3/h8-9,11-13H,4-7,10H2,1-3H3. The van der Waals surface area contributed by atoms with Crippen molar-refractivity contribution in [3.63, 3.8) is 0 Å². The number of rotatable bonds is 4. The first kappa shape index (κ1) is 13.3. The summed E-state index contributed by atoms with van der Waals surface area (Å²) in [6.07, 6.45) is 8.75. The molecular weight excluding hydrogens is 224 g/mol. The van der Waals surface area contributed by atoms with Crippen molar-refractivity contribution in [3.8, 4) is 0 Å². The van der Waals surface area contributed by atoms with Gasteiger partial charge in [0, 0.05) is 25.4 Å². The van der Waals surface area contributed by atoms with Crippen molar-refractivity contribution in [3.05, 3.63) is 18.2 Å². The molecule has 3 nitrogen and oxygen atoms in total. The molecule has 1 aliphatic carbocycles. The van der Waals surface area contributed by atoms with Crippen LogP contribution in [0.5, 0.6) is 0 Å². The van der Waals surface area contributed by atoms with Crippen molar-refractivity contribution in [1.82, 2.24) is 9.55 Å². The van der Waals surface area contributed by atoms with E-state index in [2.05, 4.69) is 18.8 Å². The molecule has 1 fully saturated rings. The molecule has 1 saturated carbocycles. The third-order valence-corrected chi connectivity index (χ3v) is 4.42. The van der Waals surface area contributed by atoms with Gasteiger partial charge in [0.05, 0.1) is 6.42 Å². The molecule has 0 unspecified atom stereocenters. The summed E-state index contributed by atoms with van der Waals surface area (Å²) in [4.78, 5) is 16.5. The lowest BCUT2D eigenvalue weighted by molar-refractivity contribution is -0.123. The van der Waals surface area contributed by atoms with E-state index in [1.807, 2.05) is 17.8 Å². The Bertz CT molecular complexity index is 400. The molecule has 2 rings (SSSR count). The molecule has 100 valence electrons. The van der Waals surface area contributed by atoms with E-state index in [4.69, 9.17) is 0 Å². The summed E-state index contributed by atoms with van der Waals surface area (Å²) < 4.78 is 1.94. The lowest BCUT2D eigenvalue weighted by atomic mass is 9.75. The monoisotopic (exact) mass is 248 g/mol.